The van der Waals surface area contributed by atoms with Gasteiger partial charge in [-0.25, -0.2) is 0 Å². The number of likely N-dealkylation sites (tertiary alicyclic amines) is 1. The van der Waals surface area contributed by atoms with E-state index in [9.17, 15) is 4.79 Å². The van der Waals surface area contributed by atoms with E-state index in [0.29, 0.717) is 32.0 Å². The summed E-state index contributed by atoms with van der Waals surface area (Å²) in [6.45, 7) is 5.84. The number of amides is 1. The smallest absolute Gasteiger partial charge is 0.223 e. The summed E-state index contributed by atoms with van der Waals surface area (Å²) < 4.78 is 0. The van der Waals surface area contributed by atoms with E-state index >= 15 is 0 Å². The quantitative estimate of drug-likeness (QED) is 0.687. The van der Waals surface area contributed by atoms with Crippen LogP contribution in [0, 0.1) is 11.8 Å². The van der Waals surface area contributed by atoms with Gasteiger partial charge < -0.3 is 15.7 Å². The zero-order chi connectivity index (χ0) is 11.4. The van der Waals surface area contributed by atoms with Crippen LogP contribution in [0.2, 0.25) is 0 Å². The van der Waals surface area contributed by atoms with Gasteiger partial charge in [-0.1, -0.05) is 13.8 Å². The SMILES string of the molecule is CC(C)CC(CN)CC(=O)N1CC(O)C1. The summed E-state index contributed by atoms with van der Waals surface area (Å²) in [5, 5.41) is 9.09. The highest BCUT2D eigenvalue weighted by atomic mass is 16.3. The summed E-state index contributed by atoms with van der Waals surface area (Å²) in [6, 6.07) is 0. The van der Waals surface area contributed by atoms with E-state index in [0.717, 1.165) is 6.42 Å². The molecule has 88 valence electrons. The molecule has 4 nitrogen and oxygen atoms in total. The first-order valence-corrected chi connectivity index (χ1v) is 5.68. The molecule has 1 aliphatic rings. The average molecular weight is 214 g/mol. The van der Waals surface area contributed by atoms with Crippen LogP contribution in [0.15, 0.2) is 0 Å². The second-order valence-electron chi connectivity index (χ2n) is 4.89. The van der Waals surface area contributed by atoms with Crippen molar-refractivity contribution in [2.24, 2.45) is 17.6 Å². The van der Waals surface area contributed by atoms with Crippen molar-refractivity contribution in [2.45, 2.75) is 32.8 Å². The highest BCUT2D eigenvalue weighted by molar-refractivity contribution is 5.77. The Labute approximate surface area is 91.4 Å². The number of aliphatic hydroxyl groups is 1. The zero-order valence-corrected chi connectivity index (χ0v) is 9.65. The first-order chi connectivity index (χ1) is 7.02. The summed E-state index contributed by atoms with van der Waals surface area (Å²) in [7, 11) is 0. The molecule has 0 saturated carbocycles. The van der Waals surface area contributed by atoms with Gasteiger partial charge in [-0.2, -0.15) is 0 Å². The first-order valence-electron chi connectivity index (χ1n) is 5.68. The molecular weight excluding hydrogens is 192 g/mol. The Morgan fingerprint density at radius 3 is 2.53 bits per heavy atom. The Morgan fingerprint density at radius 2 is 2.13 bits per heavy atom. The third-order valence-electron chi connectivity index (χ3n) is 2.82. The van der Waals surface area contributed by atoms with E-state index < -0.39 is 0 Å². The van der Waals surface area contributed by atoms with E-state index in [-0.39, 0.29) is 17.9 Å². The molecule has 1 heterocycles. The maximum atomic E-state index is 11.7. The monoisotopic (exact) mass is 214 g/mol. The van der Waals surface area contributed by atoms with Crippen LogP contribution in [-0.2, 0) is 4.79 Å². The minimum absolute atomic E-state index is 0.136. The number of aliphatic hydroxyl groups excluding tert-OH is 1. The van der Waals surface area contributed by atoms with Crippen LogP contribution in [0.5, 0.6) is 0 Å². The third kappa shape index (κ3) is 3.80. The Bertz CT molecular complexity index is 213. The molecule has 0 aliphatic carbocycles. The molecule has 1 fully saturated rings. The minimum atomic E-state index is -0.310. The van der Waals surface area contributed by atoms with Crippen LogP contribution in [0.1, 0.15) is 26.7 Å². The number of carbonyl (C=O) groups is 1. The fourth-order valence-electron chi connectivity index (χ4n) is 1.96. The highest BCUT2D eigenvalue weighted by Crippen LogP contribution is 2.18. The van der Waals surface area contributed by atoms with Crippen LogP contribution in [-0.4, -0.2) is 41.7 Å². The average Bonchev–Trinajstić information content (AvgIpc) is 2.10. The lowest BCUT2D eigenvalue weighted by molar-refractivity contribution is -0.142. The summed E-state index contributed by atoms with van der Waals surface area (Å²) in [4.78, 5) is 13.4. The lowest BCUT2D eigenvalue weighted by Crippen LogP contribution is -2.53. The van der Waals surface area contributed by atoms with Crippen molar-refractivity contribution in [2.75, 3.05) is 19.6 Å². The summed E-state index contributed by atoms with van der Waals surface area (Å²) in [5.41, 5.74) is 5.64. The summed E-state index contributed by atoms with van der Waals surface area (Å²) >= 11 is 0. The molecule has 0 aromatic rings. The maximum absolute atomic E-state index is 11.7. The van der Waals surface area contributed by atoms with Crippen molar-refractivity contribution < 1.29 is 9.90 Å². The number of carbonyl (C=O) groups excluding carboxylic acids is 1. The van der Waals surface area contributed by atoms with Gasteiger partial charge in [0.25, 0.3) is 0 Å². The van der Waals surface area contributed by atoms with E-state index in [1.807, 2.05) is 0 Å². The second kappa shape index (κ2) is 5.47. The Morgan fingerprint density at radius 1 is 1.53 bits per heavy atom. The van der Waals surface area contributed by atoms with E-state index in [2.05, 4.69) is 13.8 Å². The maximum Gasteiger partial charge on any atom is 0.223 e. The molecule has 0 bridgehead atoms. The fraction of sp³-hybridized carbons (Fsp3) is 0.909. The number of rotatable bonds is 5. The van der Waals surface area contributed by atoms with E-state index in [4.69, 9.17) is 10.8 Å². The van der Waals surface area contributed by atoms with Gasteiger partial charge in [-0.05, 0) is 24.8 Å². The van der Waals surface area contributed by atoms with Crippen LogP contribution in [0.3, 0.4) is 0 Å². The minimum Gasteiger partial charge on any atom is -0.389 e. The Hall–Kier alpha value is -0.610. The molecule has 4 heteroatoms. The van der Waals surface area contributed by atoms with Gasteiger partial charge in [0.2, 0.25) is 5.91 Å². The van der Waals surface area contributed by atoms with Crippen LogP contribution < -0.4 is 5.73 Å². The van der Waals surface area contributed by atoms with Gasteiger partial charge >= 0.3 is 0 Å². The van der Waals surface area contributed by atoms with Gasteiger partial charge in [0.15, 0.2) is 0 Å². The van der Waals surface area contributed by atoms with Crippen LogP contribution >= 0.6 is 0 Å². The van der Waals surface area contributed by atoms with Crippen molar-refractivity contribution in [1.82, 2.24) is 4.90 Å². The molecular formula is C11H22N2O2. The topological polar surface area (TPSA) is 66.6 Å². The molecule has 0 aromatic heterocycles. The van der Waals surface area contributed by atoms with Crippen LogP contribution in [0.25, 0.3) is 0 Å². The molecule has 3 N–H and O–H groups in total. The molecule has 1 amide bonds. The zero-order valence-electron chi connectivity index (χ0n) is 9.65. The van der Waals surface area contributed by atoms with Crippen molar-refractivity contribution in [3.05, 3.63) is 0 Å². The largest absolute Gasteiger partial charge is 0.389 e. The van der Waals surface area contributed by atoms with Gasteiger partial charge in [0.05, 0.1) is 6.10 Å². The number of nitrogens with zero attached hydrogens (tertiary/aromatic N) is 1. The summed E-state index contributed by atoms with van der Waals surface area (Å²) in [5.74, 6) is 1.000. The van der Waals surface area contributed by atoms with Crippen molar-refractivity contribution in [3.63, 3.8) is 0 Å². The lowest BCUT2D eigenvalue weighted by Gasteiger charge is -2.36. The first kappa shape index (κ1) is 12.5. The number of hydrogen-bond donors (Lipinski definition) is 2. The van der Waals surface area contributed by atoms with Gasteiger partial charge in [-0.3, -0.25) is 4.79 Å². The third-order valence-corrected chi connectivity index (χ3v) is 2.82. The highest BCUT2D eigenvalue weighted by Gasteiger charge is 2.29. The normalized spacial score (nSPS) is 19.1. The lowest BCUT2D eigenvalue weighted by atomic mass is 9.93. The van der Waals surface area contributed by atoms with Gasteiger partial charge in [0.1, 0.15) is 0 Å². The molecule has 1 unspecified atom stereocenters. The number of hydrogen-bond acceptors (Lipinski definition) is 3. The van der Waals surface area contributed by atoms with Gasteiger partial charge in [0, 0.05) is 19.5 Å². The van der Waals surface area contributed by atoms with Crippen molar-refractivity contribution in [1.29, 1.82) is 0 Å². The molecule has 0 aromatic carbocycles. The van der Waals surface area contributed by atoms with E-state index in [1.54, 1.807) is 4.90 Å². The molecule has 15 heavy (non-hydrogen) atoms. The van der Waals surface area contributed by atoms with Crippen molar-refractivity contribution >= 4 is 5.91 Å². The number of β-amino-alcohol motifs (C(OH)–C–C–N with tert-alkyl or cyclic N) is 1. The molecule has 1 atom stereocenters. The van der Waals surface area contributed by atoms with Crippen LogP contribution in [0.4, 0.5) is 0 Å². The Balaban J connectivity index is 2.28. The molecule has 1 aliphatic heterocycles. The predicted octanol–water partition coefficient (Wildman–Crippen LogP) is 0.201. The van der Waals surface area contributed by atoms with Gasteiger partial charge in [-0.15, -0.1) is 0 Å². The van der Waals surface area contributed by atoms with E-state index in [1.165, 1.54) is 0 Å². The Kier molecular flexibility index (Phi) is 4.54. The molecule has 1 saturated heterocycles. The predicted molar refractivity (Wildman–Crippen MR) is 59.2 cm³/mol. The van der Waals surface area contributed by atoms with Crippen molar-refractivity contribution in [3.8, 4) is 0 Å². The molecule has 0 spiro atoms. The standard InChI is InChI=1S/C11H22N2O2/c1-8(2)3-9(5-12)4-11(15)13-6-10(14)7-13/h8-10,14H,3-7,12H2,1-2H3. The molecule has 1 rings (SSSR count). The summed E-state index contributed by atoms with van der Waals surface area (Å²) in [6.07, 6.45) is 1.22. The molecule has 0 radical (unpaired) electrons. The number of nitrogens with two attached hydrogens (primary N) is 1. The fourth-order valence-corrected chi connectivity index (χ4v) is 1.96. The second-order valence-corrected chi connectivity index (χ2v) is 4.89.